The molecule has 1 amide bonds. The molecule has 0 saturated heterocycles. The Hall–Kier alpha value is -2.95. The molecule has 0 unspecified atom stereocenters. The topological polar surface area (TPSA) is 64.0 Å². The third-order valence-corrected chi connectivity index (χ3v) is 5.29. The number of benzene rings is 2. The van der Waals surface area contributed by atoms with Gasteiger partial charge in [-0.15, -0.1) is 0 Å². The van der Waals surface area contributed by atoms with Crippen LogP contribution >= 0.6 is 0 Å². The van der Waals surface area contributed by atoms with E-state index in [-0.39, 0.29) is 17.4 Å². The first kappa shape index (κ1) is 17.5. The molecule has 138 valence electrons. The maximum Gasteiger partial charge on any atom is 0.265 e. The van der Waals surface area contributed by atoms with Crippen molar-refractivity contribution in [2.45, 2.75) is 39.0 Å². The Morgan fingerprint density at radius 2 is 1.85 bits per heavy atom. The lowest BCUT2D eigenvalue weighted by molar-refractivity contribution is -0.120. The molecule has 1 aliphatic rings. The summed E-state index contributed by atoms with van der Waals surface area (Å²) in [6.07, 6.45) is 5.37. The molecule has 0 atom stereocenters. The fourth-order valence-corrected chi connectivity index (χ4v) is 3.88. The number of hydrogen-bond acceptors (Lipinski definition) is 3. The summed E-state index contributed by atoms with van der Waals surface area (Å²) >= 11 is 0. The van der Waals surface area contributed by atoms with Gasteiger partial charge >= 0.3 is 0 Å². The zero-order valence-corrected chi connectivity index (χ0v) is 15.4. The molecule has 5 nitrogen and oxygen atoms in total. The van der Waals surface area contributed by atoms with Crippen molar-refractivity contribution in [3.05, 3.63) is 64.7 Å². The monoisotopic (exact) mass is 361 g/mol. The van der Waals surface area contributed by atoms with Gasteiger partial charge in [-0.3, -0.25) is 14.2 Å². The number of nitrogens with zero attached hydrogens (tertiary/aromatic N) is 2. The largest absolute Gasteiger partial charge is 0.326 e. The molecule has 1 fully saturated rings. The SMILES string of the molecule is Cc1nc2ccccc2c(=O)n1-c1cccc(NC(=O)C2CCCCC2)c1. The molecule has 1 aliphatic carbocycles. The molecule has 1 N–H and O–H groups in total. The van der Waals surface area contributed by atoms with Gasteiger partial charge in [0.25, 0.3) is 5.56 Å². The second kappa shape index (κ2) is 7.35. The Labute approximate surface area is 158 Å². The second-order valence-electron chi connectivity index (χ2n) is 7.19. The molecule has 0 bridgehead atoms. The number of para-hydroxylation sites is 1. The highest BCUT2D eigenvalue weighted by Gasteiger charge is 2.21. The highest BCUT2D eigenvalue weighted by molar-refractivity contribution is 5.92. The molecular weight excluding hydrogens is 338 g/mol. The van der Waals surface area contributed by atoms with Gasteiger partial charge in [0.1, 0.15) is 5.82 Å². The number of carbonyl (C=O) groups is 1. The van der Waals surface area contributed by atoms with Crippen LogP contribution in [0.2, 0.25) is 0 Å². The summed E-state index contributed by atoms with van der Waals surface area (Å²) in [5.74, 6) is 0.788. The standard InChI is InChI=1S/C22H23N3O2/c1-15-23-20-13-6-5-12-19(20)22(27)25(15)18-11-7-10-17(14-18)24-21(26)16-8-3-2-4-9-16/h5-7,10-14,16H,2-4,8-9H2,1H3,(H,24,26). The van der Waals surface area contributed by atoms with Crippen molar-refractivity contribution in [2.75, 3.05) is 5.32 Å². The number of anilines is 1. The van der Waals surface area contributed by atoms with E-state index in [0.29, 0.717) is 28.1 Å². The van der Waals surface area contributed by atoms with Crippen molar-refractivity contribution in [1.29, 1.82) is 0 Å². The summed E-state index contributed by atoms with van der Waals surface area (Å²) in [5, 5.41) is 3.61. The van der Waals surface area contributed by atoms with E-state index in [0.717, 1.165) is 25.7 Å². The summed E-state index contributed by atoms with van der Waals surface area (Å²) in [7, 11) is 0. The average molecular weight is 361 g/mol. The lowest BCUT2D eigenvalue weighted by Gasteiger charge is -2.21. The van der Waals surface area contributed by atoms with E-state index in [1.54, 1.807) is 10.6 Å². The number of hydrogen-bond donors (Lipinski definition) is 1. The highest BCUT2D eigenvalue weighted by Crippen LogP contribution is 2.25. The molecule has 3 aromatic rings. The summed E-state index contributed by atoms with van der Waals surface area (Å²) < 4.78 is 1.60. The van der Waals surface area contributed by atoms with Gasteiger partial charge in [0, 0.05) is 11.6 Å². The molecule has 1 aromatic heterocycles. The summed E-state index contributed by atoms with van der Waals surface area (Å²) in [6.45, 7) is 1.82. The fraction of sp³-hybridized carbons (Fsp3) is 0.318. The predicted molar refractivity (Wildman–Crippen MR) is 107 cm³/mol. The zero-order chi connectivity index (χ0) is 18.8. The first-order valence-corrected chi connectivity index (χ1v) is 9.53. The zero-order valence-electron chi connectivity index (χ0n) is 15.4. The van der Waals surface area contributed by atoms with Gasteiger partial charge < -0.3 is 5.32 Å². The van der Waals surface area contributed by atoms with Crippen LogP contribution < -0.4 is 10.9 Å². The Bertz CT molecular complexity index is 1050. The minimum atomic E-state index is -0.103. The molecule has 0 radical (unpaired) electrons. The van der Waals surface area contributed by atoms with Crippen LogP contribution in [-0.4, -0.2) is 15.5 Å². The van der Waals surface area contributed by atoms with Crippen LogP contribution in [0.1, 0.15) is 37.9 Å². The van der Waals surface area contributed by atoms with Gasteiger partial charge in [-0.2, -0.15) is 0 Å². The number of nitrogens with one attached hydrogen (secondary N) is 1. The van der Waals surface area contributed by atoms with E-state index in [2.05, 4.69) is 10.3 Å². The number of aromatic nitrogens is 2. The maximum atomic E-state index is 13.0. The Balaban J connectivity index is 1.68. The molecule has 0 aliphatic heterocycles. The van der Waals surface area contributed by atoms with Crippen LogP contribution in [0, 0.1) is 12.8 Å². The number of carbonyl (C=O) groups excluding carboxylic acids is 1. The van der Waals surface area contributed by atoms with E-state index in [1.807, 2.05) is 49.4 Å². The van der Waals surface area contributed by atoms with E-state index in [4.69, 9.17) is 0 Å². The fourth-order valence-electron chi connectivity index (χ4n) is 3.88. The minimum Gasteiger partial charge on any atom is -0.326 e. The van der Waals surface area contributed by atoms with E-state index >= 15 is 0 Å². The maximum absolute atomic E-state index is 13.0. The van der Waals surface area contributed by atoms with Crippen molar-refractivity contribution in [2.24, 2.45) is 5.92 Å². The number of fused-ring (bicyclic) bond motifs is 1. The van der Waals surface area contributed by atoms with Crippen LogP contribution in [0.5, 0.6) is 0 Å². The molecule has 1 saturated carbocycles. The highest BCUT2D eigenvalue weighted by atomic mass is 16.2. The second-order valence-corrected chi connectivity index (χ2v) is 7.19. The minimum absolute atomic E-state index is 0.0764. The Kier molecular flexibility index (Phi) is 4.75. The Morgan fingerprint density at radius 1 is 1.07 bits per heavy atom. The normalized spacial score (nSPS) is 15.0. The number of rotatable bonds is 3. The third kappa shape index (κ3) is 3.50. The smallest absolute Gasteiger partial charge is 0.265 e. The molecule has 1 heterocycles. The van der Waals surface area contributed by atoms with Gasteiger partial charge in [0.05, 0.1) is 16.6 Å². The average Bonchev–Trinajstić information content (AvgIpc) is 2.69. The first-order chi connectivity index (χ1) is 13.1. The third-order valence-electron chi connectivity index (χ3n) is 5.29. The molecule has 2 aromatic carbocycles. The molecule has 4 rings (SSSR count). The summed E-state index contributed by atoms with van der Waals surface area (Å²) in [4.78, 5) is 30.1. The lowest BCUT2D eigenvalue weighted by atomic mass is 9.88. The van der Waals surface area contributed by atoms with Crippen molar-refractivity contribution >= 4 is 22.5 Å². The van der Waals surface area contributed by atoms with Crippen LogP contribution in [0.25, 0.3) is 16.6 Å². The molecular formula is C22H23N3O2. The quantitative estimate of drug-likeness (QED) is 0.760. The van der Waals surface area contributed by atoms with Gasteiger partial charge in [0.2, 0.25) is 5.91 Å². The first-order valence-electron chi connectivity index (χ1n) is 9.53. The molecule has 27 heavy (non-hydrogen) atoms. The molecule has 5 heteroatoms. The summed E-state index contributed by atoms with van der Waals surface area (Å²) in [6, 6.07) is 14.8. The van der Waals surface area contributed by atoms with E-state index < -0.39 is 0 Å². The van der Waals surface area contributed by atoms with Crippen molar-refractivity contribution in [1.82, 2.24) is 9.55 Å². The van der Waals surface area contributed by atoms with Gasteiger partial charge in [-0.05, 0) is 50.1 Å². The van der Waals surface area contributed by atoms with Crippen molar-refractivity contribution in [3.8, 4) is 5.69 Å². The number of aryl methyl sites for hydroxylation is 1. The van der Waals surface area contributed by atoms with Crippen LogP contribution in [0.15, 0.2) is 53.3 Å². The van der Waals surface area contributed by atoms with E-state index in [1.165, 1.54) is 6.42 Å². The van der Waals surface area contributed by atoms with Crippen LogP contribution in [-0.2, 0) is 4.79 Å². The van der Waals surface area contributed by atoms with Gasteiger partial charge in [-0.25, -0.2) is 4.98 Å². The Morgan fingerprint density at radius 3 is 2.67 bits per heavy atom. The van der Waals surface area contributed by atoms with E-state index in [9.17, 15) is 9.59 Å². The number of amides is 1. The van der Waals surface area contributed by atoms with Crippen molar-refractivity contribution in [3.63, 3.8) is 0 Å². The van der Waals surface area contributed by atoms with Crippen molar-refractivity contribution < 1.29 is 4.79 Å². The summed E-state index contributed by atoms with van der Waals surface area (Å²) in [5.41, 5.74) is 2.01. The van der Waals surface area contributed by atoms with Crippen LogP contribution in [0.3, 0.4) is 0 Å². The lowest BCUT2D eigenvalue weighted by Crippen LogP contribution is -2.25. The van der Waals surface area contributed by atoms with Gasteiger partial charge in [-0.1, -0.05) is 37.5 Å². The van der Waals surface area contributed by atoms with Crippen LogP contribution in [0.4, 0.5) is 5.69 Å². The molecule has 0 spiro atoms. The van der Waals surface area contributed by atoms with Gasteiger partial charge in [0.15, 0.2) is 0 Å². The predicted octanol–water partition coefficient (Wildman–Crippen LogP) is 4.21.